The van der Waals surface area contributed by atoms with Crippen LogP contribution in [0.5, 0.6) is 0 Å². The van der Waals surface area contributed by atoms with Gasteiger partial charge in [0.2, 0.25) is 0 Å². The standard InChI is InChI=1S/C12H18Cl2S/c1-2-5-12(9-13,10-14)6-3-11-4-7-15-8-11/h4,7-8H,2-3,5-6,9-10H2,1H3. The maximum absolute atomic E-state index is 6.06. The van der Waals surface area contributed by atoms with E-state index in [0.29, 0.717) is 11.8 Å². The molecule has 0 N–H and O–H groups in total. The maximum atomic E-state index is 6.06. The molecule has 0 nitrogen and oxygen atoms in total. The molecular formula is C12H18Cl2S. The van der Waals surface area contributed by atoms with Crippen molar-refractivity contribution in [2.45, 2.75) is 32.6 Å². The fraction of sp³-hybridized carbons (Fsp3) is 0.667. The SMILES string of the molecule is CCCC(CCl)(CCl)CCc1ccsc1. The molecule has 86 valence electrons. The van der Waals surface area contributed by atoms with Crippen molar-refractivity contribution >= 4 is 34.5 Å². The maximum Gasteiger partial charge on any atom is 0.0291 e. The van der Waals surface area contributed by atoms with Gasteiger partial charge in [-0.15, -0.1) is 23.2 Å². The molecule has 1 aromatic heterocycles. The Bertz CT molecular complexity index is 253. The van der Waals surface area contributed by atoms with E-state index in [4.69, 9.17) is 23.2 Å². The second-order valence-corrected chi connectivity index (χ2v) is 5.46. The fourth-order valence-electron chi connectivity index (χ4n) is 1.80. The van der Waals surface area contributed by atoms with Gasteiger partial charge < -0.3 is 0 Å². The smallest absolute Gasteiger partial charge is 0.0291 e. The third-order valence-corrected chi connectivity index (χ3v) is 4.74. The number of halogens is 2. The van der Waals surface area contributed by atoms with E-state index in [1.54, 1.807) is 11.3 Å². The topological polar surface area (TPSA) is 0 Å². The van der Waals surface area contributed by atoms with Crippen molar-refractivity contribution in [3.05, 3.63) is 22.4 Å². The second kappa shape index (κ2) is 6.78. The van der Waals surface area contributed by atoms with Crippen molar-refractivity contribution in [3.8, 4) is 0 Å². The van der Waals surface area contributed by atoms with Gasteiger partial charge >= 0.3 is 0 Å². The summed E-state index contributed by atoms with van der Waals surface area (Å²) >= 11 is 13.9. The summed E-state index contributed by atoms with van der Waals surface area (Å²) in [6, 6.07) is 2.18. The van der Waals surface area contributed by atoms with Gasteiger partial charge in [-0.05, 0) is 47.1 Å². The van der Waals surface area contributed by atoms with Gasteiger partial charge in [-0.1, -0.05) is 13.3 Å². The number of aryl methyl sites for hydroxylation is 1. The molecule has 0 saturated carbocycles. The van der Waals surface area contributed by atoms with Crippen molar-refractivity contribution in [1.29, 1.82) is 0 Å². The van der Waals surface area contributed by atoms with Crippen molar-refractivity contribution in [3.63, 3.8) is 0 Å². The number of rotatable bonds is 7. The zero-order chi connectivity index (χ0) is 11.1. The van der Waals surface area contributed by atoms with Gasteiger partial charge in [-0.3, -0.25) is 0 Å². The summed E-state index contributed by atoms with van der Waals surface area (Å²) in [6.07, 6.45) is 4.49. The molecule has 0 unspecified atom stereocenters. The van der Waals surface area contributed by atoms with E-state index in [1.165, 1.54) is 5.56 Å². The van der Waals surface area contributed by atoms with Crippen LogP contribution in [0, 0.1) is 5.41 Å². The lowest BCUT2D eigenvalue weighted by atomic mass is 9.82. The Morgan fingerprint density at radius 2 is 2.00 bits per heavy atom. The zero-order valence-electron chi connectivity index (χ0n) is 9.14. The van der Waals surface area contributed by atoms with Gasteiger partial charge in [-0.25, -0.2) is 0 Å². The average Bonchev–Trinajstić information content (AvgIpc) is 2.77. The highest BCUT2D eigenvalue weighted by Gasteiger charge is 2.26. The molecule has 0 radical (unpaired) electrons. The van der Waals surface area contributed by atoms with E-state index in [0.717, 1.165) is 25.7 Å². The molecule has 1 rings (SSSR count). The molecule has 0 aromatic carbocycles. The van der Waals surface area contributed by atoms with Crippen LogP contribution in [0.4, 0.5) is 0 Å². The molecule has 0 spiro atoms. The van der Waals surface area contributed by atoms with Gasteiger partial charge in [0.05, 0.1) is 0 Å². The van der Waals surface area contributed by atoms with Crippen LogP contribution in [-0.2, 0) is 6.42 Å². The molecule has 3 heteroatoms. The Hall–Kier alpha value is 0.280. The van der Waals surface area contributed by atoms with Crippen molar-refractivity contribution < 1.29 is 0 Å². The first-order valence-corrected chi connectivity index (χ1v) is 7.40. The number of alkyl halides is 2. The van der Waals surface area contributed by atoms with Gasteiger partial charge in [0, 0.05) is 11.8 Å². The molecule has 15 heavy (non-hydrogen) atoms. The average molecular weight is 265 g/mol. The first-order chi connectivity index (χ1) is 7.26. The Morgan fingerprint density at radius 3 is 2.47 bits per heavy atom. The van der Waals surface area contributed by atoms with Crippen LogP contribution in [0.25, 0.3) is 0 Å². The lowest BCUT2D eigenvalue weighted by Gasteiger charge is -2.29. The van der Waals surface area contributed by atoms with Crippen molar-refractivity contribution in [1.82, 2.24) is 0 Å². The highest BCUT2D eigenvalue weighted by atomic mass is 35.5. The molecule has 0 aliphatic rings. The van der Waals surface area contributed by atoms with Crippen LogP contribution in [0.15, 0.2) is 16.8 Å². The Kier molecular flexibility index (Phi) is 6.03. The minimum absolute atomic E-state index is 0.139. The van der Waals surface area contributed by atoms with E-state index >= 15 is 0 Å². The van der Waals surface area contributed by atoms with Crippen molar-refractivity contribution in [2.24, 2.45) is 5.41 Å². The summed E-state index contributed by atoms with van der Waals surface area (Å²) in [5.41, 5.74) is 1.55. The molecule has 0 bridgehead atoms. The second-order valence-electron chi connectivity index (χ2n) is 4.15. The van der Waals surface area contributed by atoms with Crippen LogP contribution in [0.1, 0.15) is 31.7 Å². The molecule has 0 aliphatic carbocycles. The van der Waals surface area contributed by atoms with Gasteiger partial charge in [0.25, 0.3) is 0 Å². The Morgan fingerprint density at radius 1 is 1.27 bits per heavy atom. The van der Waals surface area contributed by atoms with Crippen LogP contribution in [0.3, 0.4) is 0 Å². The van der Waals surface area contributed by atoms with E-state index in [2.05, 4.69) is 23.8 Å². The predicted octanol–water partition coefficient (Wildman–Crippen LogP) is 4.94. The third kappa shape index (κ3) is 3.97. The van der Waals surface area contributed by atoms with E-state index in [9.17, 15) is 0 Å². The molecule has 0 atom stereocenters. The lowest BCUT2D eigenvalue weighted by molar-refractivity contribution is 0.316. The van der Waals surface area contributed by atoms with Gasteiger partial charge in [-0.2, -0.15) is 11.3 Å². The zero-order valence-corrected chi connectivity index (χ0v) is 11.5. The highest BCUT2D eigenvalue weighted by Crippen LogP contribution is 2.33. The highest BCUT2D eigenvalue weighted by molar-refractivity contribution is 7.07. The number of thiophene rings is 1. The van der Waals surface area contributed by atoms with E-state index in [1.807, 2.05) is 0 Å². The minimum Gasteiger partial charge on any atom is -0.152 e. The largest absolute Gasteiger partial charge is 0.152 e. The first-order valence-electron chi connectivity index (χ1n) is 5.39. The Balaban J connectivity index is 2.50. The van der Waals surface area contributed by atoms with Gasteiger partial charge in [0.1, 0.15) is 0 Å². The monoisotopic (exact) mass is 264 g/mol. The molecule has 1 heterocycles. The molecule has 0 amide bonds. The molecule has 1 aromatic rings. The number of hydrogen-bond donors (Lipinski definition) is 0. The number of hydrogen-bond acceptors (Lipinski definition) is 1. The normalized spacial score (nSPS) is 11.9. The lowest BCUT2D eigenvalue weighted by Crippen LogP contribution is -2.25. The van der Waals surface area contributed by atoms with Crippen LogP contribution < -0.4 is 0 Å². The predicted molar refractivity (Wildman–Crippen MR) is 71.4 cm³/mol. The van der Waals surface area contributed by atoms with Gasteiger partial charge in [0.15, 0.2) is 0 Å². The molecule has 0 saturated heterocycles. The van der Waals surface area contributed by atoms with Crippen LogP contribution in [0.2, 0.25) is 0 Å². The summed E-state index contributed by atoms with van der Waals surface area (Å²) in [5.74, 6) is 1.35. The van der Waals surface area contributed by atoms with E-state index in [-0.39, 0.29) is 5.41 Å². The third-order valence-electron chi connectivity index (χ3n) is 2.87. The summed E-state index contributed by atoms with van der Waals surface area (Å²) < 4.78 is 0. The van der Waals surface area contributed by atoms with E-state index < -0.39 is 0 Å². The summed E-state index contributed by atoms with van der Waals surface area (Å²) in [4.78, 5) is 0. The van der Waals surface area contributed by atoms with Crippen LogP contribution >= 0.6 is 34.5 Å². The minimum atomic E-state index is 0.139. The Labute approximate surface area is 107 Å². The summed E-state index contributed by atoms with van der Waals surface area (Å²) in [6.45, 7) is 2.19. The quantitative estimate of drug-likeness (QED) is 0.612. The summed E-state index contributed by atoms with van der Waals surface area (Å²) in [5, 5.41) is 4.33. The molecule has 0 fully saturated rings. The first kappa shape index (κ1) is 13.3. The molecule has 0 aliphatic heterocycles. The van der Waals surface area contributed by atoms with Crippen molar-refractivity contribution in [2.75, 3.05) is 11.8 Å². The molecular weight excluding hydrogens is 247 g/mol. The van der Waals surface area contributed by atoms with Crippen LogP contribution in [-0.4, -0.2) is 11.8 Å². The summed E-state index contributed by atoms with van der Waals surface area (Å²) in [7, 11) is 0. The fourth-order valence-corrected chi connectivity index (χ4v) is 3.33.